The number of hydrogen-bond acceptors (Lipinski definition) is 5. The third-order valence-corrected chi connectivity index (χ3v) is 2.12. The van der Waals surface area contributed by atoms with E-state index in [1.165, 1.54) is 0 Å². The van der Waals surface area contributed by atoms with Gasteiger partial charge in [0.2, 0.25) is 0 Å². The van der Waals surface area contributed by atoms with Crippen molar-refractivity contribution in [3.63, 3.8) is 0 Å². The van der Waals surface area contributed by atoms with E-state index in [0.29, 0.717) is 6.61 Å². The minimum Gasteiger partial charge on any atom is -0.383 e. The average molecular weight is 238 g/mol. The topological polar surface area (TPSA) is 59.1 Å². The molecular formula is C12H22N4O. The molecule has 0 radical (unpaired) electrons. The van der Waals surface area contributed by atoms with Gasteiger partial charge in [0.15, 0.2) is 0 Å². The molecule has 0 aromatic carbocycles. The van der Waals surface area contributed by atoms with Gasteiger partial charge in [-0.05, 0) is 20.8 Å². The van der Waals surface area contributed by atoms with Crippen LogP contribution < -0.4 is 10.6 Å². The Balaban J connectivity index is 2.39. The van der Waals surface area contributed by atoms with Gasteiger partial charge in [-0.3, -0.25) is 4.98 Å². The fourth-order valence-electron chi connectivity index (χ4n) is 1.17. The van der Waals surface area contributed by atoms with Crippen molar-refractivity contribution in [1.29, 1.82) is 0 Å². The Morgan fingerprint density at radius 2 is 2.00 bits per heavy atom. The predicted molar refractivity (Wildman–Crippen MR) is 69.0 cm³/mol. The fourth-order valence-corrected chi connectivity index (χ4v) is 1.17. The van der Waals surface area contributed by atoms with Crippen LogP contribution in [0.2, 0.25) is 0 Å². The molecule has 0 amide bonds. The zero-order valence-corrected chi connectivity index (χ0v) is 11.1. The van der Waals surface area contributed by atoms with Gasteiger partial charge in [-0.2, -0.15) is 0 Å². The second-order valence-electron chi connectivity index (χ2n) is 4.92. The number of anilines is 1. The highest BCUT2D eigenvalue weighted by Crippen LogP contribution is 2.03. The predicted octanol–water partition coefficient (Wildman–Crippen LogP) is 1.42. The monoisotopic (exact) mass is 238 g/mol. The molecule has 5 nitrogen and oxygen atoms in total. The van der Waals surface area contributed by atoms with E-state index in [1.54, 1.807) is 19.5 Å². The van der Waals surface area contributed by atoms with E-state index in [0.717, 1.165) is 24.6 Å². The third-order valence-electron chi connectivity index (χ3n) is 2.12. The standard InChI is InChI=1S/C12H22N4O/c1-12(2,3)16-8-10-7-15-11(9-14-10)13-5-6-17-4/h7,9,16H,5-6,8H2,1-4H3,(H,13,15). The summed E-state index contributed by atoms with van der Waals surface area (Å²) in [6, 6.07) is 0. The van der Waals surface area contributed by atoms with Gasteiger partial charge in [-0.25, -0.2) is 4.98 Å². The number of nitrogens with zero attached hydrogens (tertiary/aromatic N) is 2. The molecule has 0 bridgehead atoms. The highest BCUT2D eigenvalue weighted by atomic mass is 16.5. The zero-order valence-electron chi connectivity index (χ0n) is 11.1. The van der Waals surface area contributed by atoms with Crippen LogP contribution in [0.4, 0.5) is 5.82 Å². The molecule has 17 heavy (non-hydrogen) atoms. The van der Waals surface area contributed by atoms with Crippen molar-refractivity contribution in [2.24, 2.45) is 0 Å². The van der Waals surface area contributed by atoms with Gasteiger partial charge >= 0.3 is 0 Å². The lowest BCUT2D eigenvalue weighted by Gasteiger charge is -2.20. The molecule has 0 atom stereocenters. The van der Waals surface area contributed by atoms with Crippen LogP contribution in [0.15, 0.2) is 12.4 Å². The van der Waals surface area contributed by atoms with Gasteiger partial charge in [-0.1, -0.05) is 0 Å². The number of methoxy groups -OCH3 is 1. The number of nitrogens with one attached hydrogen (secondary N) is 2. The van der Waals surface area contributed by atoms with Gasteiger partial charge < -0.3 is 15.4 Å². The van der Waals surface area contributed by atoms with Crippen molar-refractivity contribution in [2.75, 3.05) is 25.6 Å². The maximum atomic E-state index is 4.94. The van der Waals surface area contributed by atoms with Crippen LogP contribution in [-0.4, -0.2) is 35.8 Å². The molecule has 0 aliphatic heterocycles. The summed E-state index contributed by atoms with van der Waals surface area (Å²) in [6.45, 7) is 8.51. The Hall–Kier alpha value is -1.20. The third kappa shape index (κ3) is 6.19. The Bertz CT molecular complexity index is 318. The highest BCUT2D eigenvalue weighted by Gasteiger charge is 2.08. The van der Waals surface area contributed by atoms with Crippen LogP contribution in [0.1, 0.15) is 26.5 Å². The van der Waals surface area contributed by atoms with E-state index in [9.17, 15) is 0 Å². The fraction of sp³-hybridized carbons (Fsp3) is 0.667. The number of aromatic nitrogens is 2. The van der Waals surface area contributed by atoms with Gasteiger partial charge in [-0.15, -0.1) is 0 Å². The SMILES string of the molecule is COCCNc1cnc(CNC(C)(C)C)cn1. The van der Waals surface area contributed by atoms with Gasteiger partial charge in [0, 0.05) is 25.7 Å². The van der Waals surface area contributed by atoms with Crippen LogP contribution in [0.3, 0.4) is 0 Å². The molecule has 0 fully saturated rings. The lowest BCUT2D eigenvalue weighted by molar-refractivity contribution is 0.210. The Morgan fingerprint density at radius 3 is 2.53 bits per heavy atom. The van der Waals surface area contributed by atoms with E-state index in [4.69, 9.17) is 4.74 Å². The van der Waals surface area contributed by atoms with Gasteiger partial charge in [0.05, 0.1) is 24.7 Å². The Kier molecular flexibility index (Phi) is 5.31. The van der Waals surface area contributed by atoms with Gasteiger partial charge in [0.1, 0.15) is 5.82 Å². The molecule has 0 aliphatic rings. The largest absolute Gasteiger partial charge is 0.383 e. The van der Waals surface area contributed by atoms with Crippen LogP contribution in [0.25, 0.3) is 0 Å². The number of ether oxygens (including phenoxy) is 1. The summed E-state index contributed by atoms with van der Waals surface area (Å²) < 4.78 is 4.94. The summed E-state index contributed by atoms with van der Waals surface area (Å²) >= 11 is 0. The number of hydrogen-bond donors (Lipinski definition) is 2. The van der Waals surface area contributed by atoms with Crippen molar-refractivity contribution in [3.8, 4) is 0 Å². The van der Waals surface area contributed by atoms with Crippen molar-refractivity contribution < 1.29 is 4.74 Å². The molecular weight excluding hydrogens is 216 g/mol. The van der Waals surface area contributed by atoms with Crippen molar-refractivity contribution in [1.82, 2.24) is 15.3 Å². The van der Waals surface area contributed by atoms with Crippen LogP contribution in [0, 0.1) is 0 Å². The molecule has 1 rings (SSSR count). The number of rotatable bonds is 6. The summed E-state index contributed by atoms with van der Waals surface area (Å²) in [7, 11) is 1.68. The van der Waals surface area contributed by atoms with Crippen LogP contribution in [0.5, 0.6) is 0 Å². The minimum atomic E-state index is 0.0943. The van der Waals surface area contributed by atoms with Gasteiger partial charge in [0.25, 0.3) is 0 Å². The molecule has 0 spiro atoms. The normalized spacial score (nSPS) is 11.5. The first-order valence-corrected chi connectivity index (χ1v) is 5.80. The first-order chi connectivity index (χ1) is 8.01. The Labute approximate surface area is 103 Å². The second kappa shape index (κ2) is 6.51. The summed E-state index contributed by atoms with van der Waals surface area (Å²) in [6.07, 6.45) is 3.53. The molecule has 0 aliphatic carbocycles. The van der Waals surface area contributed by atoms with Crippen molar-refractivity contribution in [3.05, 3.63) is 18.1 Å². The van der Waals surface area contributed by atoms with Crippen molar-refractivity contribution in [2.45, 2.75) is 32.9 Å². The molecule has 0 unspecified atom stereocenters. The van der Waals surface area contributed by atoms with E-state index in [2.05, 4.69) is 41.4 Å². The molecule has 1 aromatic heterocycles. The molecule has 2 N–H and O–H groups in total. The first-order valence-electron chi connectivity index (χ1n) is 5.80. The maximum Gasteiger partial charge on any atom is 0.144 e. The summed E-state index contributed by atoms with van der Waals surface area (Å²) in [4.78, 5) is 8.61. The summed E-state index contributed by atoms with van der Waals surface area (Å²) in [5.74, 6) is 0.779. The smallest absolute Gasteiger partial charge is 0.144 e. The molecule has 0 saturated carbocycles. The average Bonchev–Trinajstić information content (AvgIpc) is 2.27. The van der Waals surface area contributed by atoms with E-state index in [-0.39, 0.29) is 5.54 Å². The Morgan fingerprint density at radius 1 is 1.24 bits per heavy atom. The van der Waals surface area contributed by atoms with E-state index in [1.807, 2.05) is 0 Å². The lowest BCUT2D eigenvalue weighted by Crippen LogP contribution is -2.35. The lowest BCUT2D eigenvalue weighted by atomic mass is 10.1. The molecule has 96 valence electrons. The summed E-state index contributed by atoms with van der Waals surface area (Å²) in [5.41, 5.74) is 1.04. The minimum absolute atomic E-state index is 0.0943. The summed E-state index contributed by atoms with van der Waals surface area (Å²) in [5, 5.41) is 6.49. The quantitative estimate of drug-likeness (QED) is 0.734. The molecule has 1 heterocycles. The zero-order chi connectivity index (χ0) is 12.7. The molecule has 1 aromatic rings. The first kappa shape index (κ1) is 13.9. The van der Waals surface area contributed by atoms with Crippen molar-refractivity contribution >= 4 is 5.82 Å². The molecule has 5 heteroatoms. The maximum absolute atomic E-state index is 4.94. The van der Waals surface area contributed by atoms with E-state index >= 15 is 0 Å². The van der Waals surface area contributed by atoms with Crippen LogP contribution in [-0.2, 0) is 11.3 Å². The molecule has 0 saturated heterocycles. The second-order valence-corrected chi connectivity index (χ2v) is 4.92. The highest BCUT2D eigenvalue weighted by molar-refractivity contribution is 5.30. The van der Waals surface area contributed by atoms with E-state index < -0.39 is 0 Å². The van der Waals surface area contributed by atoms with Crippen LogP contribution >= 0.6 is 0 Å².